The molecule has 3 nitrogen and oxygen atoms in total. The van der Waals surface area contributed by atoms with Crippen LogP contribution in [0.4, 0.5) is 24.8 Å². The number of rotatable bonds is 8. The fraction of sp³-hybridized carbons (Fsp3) is 0.200. The number of benzene rings is 2. The average molecular weight is 449 g/mol. The molecule has 1 unspecified atom stereocenters. The second-order valence-electron chi connectivity index (χ2n) is 6.34. The van der Waals surface area contributed by atoms with E-state index < -0.39 is 28.3 Å². The van der Waals surface area contributed by atoms with Gasteiger partial charge in [-0.2, -0.15) is 13.2 Å². The quantitative estimate of drug-likeness (QED) is 0.374. The van der Waals surface area contributed by atoms with Crippen molar-refractivity contribution in [1.29, 1.82) is 0 Å². The van der Waals surface area contributed by atoms with E-state index in [2.05, 4.69) is 5.32 Å². The molecule has 0 saturated heterocycles. The van der Waals surface area contributed by atoms with Crippen LogP contribution in [0.15, 0.2) is 76.2 Å². The molecule has 162 valence electrons. The maximum atomic E-state index is 13.4. The van der Waals surface area contributed by atoms with Crippen molar-refractivity contribution in [2.75, 3.05) is 0 Å². The Morgan fingerprint density at radius 1 is 0.933 bits per heavy atom. The van der Waals surface area contributed by atoms with Crippen LogP contribution < -0.4 is 10.1 Å². The van der Waals surface area contributed by atoms with Crippen molar-refractivity contribution in [2.24, 2.45) is 0 Å². The predicted molar refractivity (Wildman–Crippen MR) is 101 cm³/mol. The summed E-state index contributed by atoms with van der Waals surface area (Å²) in [7, 11) is 0. The second-order valence-corrected chi connectivity index (χ2v) is 7.63. The lowest BCUT2D eigenvalue weighted by Crippen LogP contribution is -2.33. The van der Waals surface area contributed by atoms with E-state index in [9.17, 15) is 24.8 Å². The minimum Gasteiger partial charge on any atom is -0.489 e. The zero-order chi connectivity index (χ0) is 21.8. The molecule has 0 bridgehead atoms. The number of hydrogen-bond donors (Lipinski definition) is 1. The van der Waals surface area contributed by atoms with E-state index in [0.717, 1.165) is 12.1 Å². The van der Waals surface area contributed by atoms with E-state index in [0.29, 0.717) is 17.1 Å². The summed E-state index contributed by atoms with van der Waals surface area (Å²) >= 11 is -5.28. The van der Waals surface area contributed by atoms with E-state index in [1.807, 2.05) is 0 Å². The molecule has 3 rings (SSSR count). The van der Waals surface area contributed by atoms with Crippen molar-refractivity contribution in [1.82, 2.24) is 5.32 Å². The van der Waals surface area contributed by atoms with Gasteiger partial charge in [-0.25, -0.2) is 0 Å². The maximum Gasteiger partial charge on any atom is 0.407 e. The molecule has 0 saturated carbocycles. The normalized spacial score (nSPS) is 13.8. The molecular formula is C20H17F6NO2S. The Kier molecular flexibility index (Phi) is 6.67. The lowest BCUT2D eigenvalue weighted by atomic mass is 10.1. The number of alkyl halides is 3. The molecule has 1 aromatic heterocycles. The molecule has 0 amide bonds. The van der Waals surface area contributed by atoms with E-state index >= 15 is 0 Å². The van der Waals surface area contributed by atoms with E-state index in [1.54, 1.807) is 12.1 Å². The Morgan fingerprint density at radius 3 is 2.13 bits per heavy atom. The first-order valence-electron chi connectivity index (χ1n) is 8.69. The lowest BCUT2D eigenvalue weighted by Gasteiger charge is -2.22. The highest BCUT2D eigenvalue weighted by Crippen LogP contribution is 2.60. The van der Waals surface area contributed by atoms with Crippen LogP contribution in [0, 0.1) is 0 Å². The van der Waals surface area contributed by atoms with Gasteiger partial charge in [0.1, 0.15) is 24.2 Å². The Balaban J connectivity index is 1.62. The number of ether oxygens (including phenoxy) is 1. The molecule has 1 heterocycles. The molecule has 1 atom stereocenters. The van der Waals surface area contributed by atoms with Gasteiger partial charge in [0, 0.05) is 0 Å². The highest BCUT2D eigenvalue weighted by atomic mass is 32.3. The highest BCUT2D eigenvalue weighted by molar-refractivity contribution is 8.20. The van der Waals surface area contributed by atoms with Gasteiger partial charge >= 0.3 is 6.18 Å². The summed E-state index contributed by atoms with van der Waals surface area (Å²) in [4.78, 5) is -0.684. The third-order valence-electron chi connectivity index (χ3n) is 4.20. The Hall–Kier alpha value is -2.59. The SMILES string of the molecule is FC(F)(F)C(NCc1ccco1)c1ccc(OCc2ccc(S(F)(F)F)cc2)cc1. The van der Waals surface area contributed by atoms with Gasteiger partial charge in [-0.05, 0) is 47.5 Å². The molecule has 1 N–H and O–H groups in total. The largest absolute Gasteiger partial charge is 0.489 e. The molecule has 30 heavy (non-hydrogen) atoms. The summed E-state index contributed by atoms with van der Waals surface area (Å²) in [6, 6.07) is 11.2. The molecule has 10 heteroatoms. The summed E-state index contributed by atoms with van der Waals surface area (Å²) in [6.07, 6.45) is -3.14. The summed E-state index contributed by atoms with van der Waals surface area (Å²) in [5, 5.41) is 2.42. The minimum absolute atomic E-state index is 0.00101. The van der Waals surface area contributed by atoms with Crippen LogP contribution in [-0.4, -0.2) is 6.18 Å². The van der Waals surface area contributed by atoms with Crippen molar-refractivity contribution < 1.29 is 34.0 Å². The molecule has 0 aliphatic rings. The van der Waals surface area contributed by atoms with Crippen molar-refractivity contribution >= 4 is 11.2 Å². The standard InChI is InChI=1S/C20H17F6NO2S/c21-20(22,23)19(27-12-17-2-1-11-28-17)15-5-7-16(8-6-15)29-13-14-3-9-18(10-4-14)30(24,25)26/h1-11,19,27H,12-13H2. The van der Waals surface area contributed by atoms with Gasteiger partial charge in [-0.1, -0.05) is 24.3 Å². The van der Waals surface area contributed by atoms with Crippen LogP contribution in [0.2, 0.25) is 0 Å². The van der Waals surface area contributed by atoms with Crippen LogP contribution in [-0.2, 0) is 13.2 Å². The van der Waals surface area contributed by atoms with Gasteiger partial charge in [-0.15, -0.1) is 11.7 Å². The van der Waals surface area contributed by atoms with Gasteiger partial charge in [0.2, 0.25) is 11.2 Å². The minimum atomic E-state index is -5.28. The van der Waals surface area contributed by atoms with E-state index in [4.69, 9.17) is 9.15 Å². The predicted octanol–water partition coefficient (Wildman–Crippen LogP) is 7.07. The van der Waals surface area contributed by atoms with Gasteiger partial charge in [-0.3, -0.25) is 5.32 Å². The summed E-state index contributed by atoms with van der Waals surface area (Å²) in [5.41, 5.74) is 0.513. The van der Waals surface area contributed by atoms with Gasteiger partial charge in [0.15, 0.2) is 0 Å². The van der Waals surface area contributed by atoms with E-state index in [-0.39, 0.29) is 18.7 Å². The van der Waals surface area contributed by atoms with Crippen molar-refractivity contribution in [3.8, 4) is 5.75 Å². The topological polar surface area (TPSA) is 34.4 Å². The molecule has 0 spiro atoms. The van der Waals surface area contributed by atoms with Crippen molar-refractivity contribution in [3.05, 3.63) is 83.8 Å². The molecule has 0 aliphatic carbocycles. The first-order valence-corrected chi connectivity index (χ1v) is 10.0. The third-order valence-corrected chi connectivity index (χ3v) is 5.00. The van der Waals surface area contributed by atoms with Gasteiger partial charge < -0.3 is 9.15 Å². The molecule has 0 fully saturated rings. The number of nitrogens with one attached hydrogen (secondary N) is 1. The highest BCUT2D eigenvalue weighted by Gasteiger charge is 2.40. The van der Waals surface area contributed by atoms with Crippen LogP contribution in [0.1, 0.15) is 22.9 Å². The van der Waals surface area contributed by atoms with Gasteiger partial charge in [0.25, 0.3) is 0 Å². The summed E-state index contributed by atoms with van der Waals surface area (Å²) < 4.78 is 88.7. The van der Waals surface area contributed by atoms with E-state index in [1.165, 1.54) is 42.7 Å². The second kappa shape index (κ2) is 9.05. The van der Waals surface area contributed by atoms with Crippen molar-refractivity contribution in [3.63, 3.8) is 0 Å². The van der Waals surface area contributed by atoms with Crippen LogP contribution in [0.3, 0.4) is 0 Å². The number of furan rings is 1. The molecule has 3 aromatic rings. The summed E-state index contributed by atoms with van der Waals surface area (Å²) in [5.74, 6) is 0.679. The molecule has 0 aliphatic heterocycles. The fourth-order valence-electron chi connectivity index (χ4n) is 2.70. The smallest absolute Gasteiger partial charge is 0.407 e. The Morgan fingerprint density at radius 2 is 1.60 bits per heavy atom. The number of hydrogen-bond acceptors (Lipinski definition) is 3. The zero-order valence-corrected chi connectivity index (χ0v) is 16.2. The molecular weight excluding hydrogens is 432 g/mol. The third kappa shape index (κ3) is 5.96. The monoisotopic (exact) mass is 449 g/mol. The van der Waals surface area contributed by atoms with Crippen molar-refractivity contribution in [2.45, 2.75) is 30.3 Å². The lowest BCUT2D eigenvalue weighted by molar-refractivity contribution is -0.158. The zero-order valence-electron chi connectivity index (χ0n) is 15.3. The van der Waals surface area contributed by atoms with Crippen LogP contribution in [0.25, 0.3) is 0 Å². The maximum absolute atomic E-state index is 13.4. The first-order chi connectivity index (χ1) is 14.1. The summed E-state index contributed by atoms with van der Waals surface area (Å²) in [6.45, 7) is -0.0999. The van der Waals surface area contributed by atoms with Gasteiger partial charge in [0.05, 0.1) is 17.7 Å². The fourth-order valence-corrected chi connectivity index (χ4v) is 3.15. The molecule has 0 radical (unpaired) electrons. The van der Waals surface area contributed by atoms with Crippen LogP contribution in [0.5, 0.6) is 5.75 Å². The Bertz CT molecular complexity index is 922. The van der Waals surface area contributed by atoms with Crippen LogP contribution >= 0.6 is 11.2 Å². The first kappa shape index (κ1) is 22.1. The number of halogens is 6. The Labute approximate surface area is 170 Å². The average Bonchev–Trinajstić information content (AvgIpc) is 3.20. The molecule has 2 aromatic carbocycles.